The van der Waals surface area contributed by atoms with Gasteiger partial charge in [0.05, 0.1) is 4.90 Å². The lowest BCUT2D eigenvalue weighted by Crippen LogP contribution is -1.98. The Labute approximate surface area is 129 Å². The van der Waals surface area contributed by atoms with Crippen molar-refractivity contribution in [3.63, 3.8) is 0 Å². The van der Waals surface area contributed by atoms with E-state index in [1.807, 2.05) is 49.4 Å². The number of fused-ring (bicyclic) bond motifs is 1. The lowest BCUT2D eigenvalue weighted by molar-refractivity contribution is 0.483. The summed E-state index contributed by atoms with van der Waals surface area (Å²) in [5, 5.41) is 4.95. The van der Waals surface area contributed by atoms with E-state index in [1.54, 1.807) is 6.07 Å². The molecule has 22 heavy (non-hydrogen) atoms. The van der Waals surface area contributed by atoms with Crippen LogP contribution < -0.4 is 5.32 Å². The molecule has 0 aliphatic heterocycles. The largest absolute Gasteiger partial charge is 0.355 e. The van der Waals surface area contributed by atoms with Crippen molar-refractivity contribution in [2.75, 3.05) is 5.32 Å². The molecule has 0 amide bonds. The molecule has 0 saturated heterocycles. The third-order valence-corrected chi connectivity index (χ3v) is 4.33. The quantitative estimate of drug-likeness (QED) is 0.713. The van der Waals surface area contributed by atoms with Gasteiger partial charge in [0.15, 0.2) is 0 Å². The summed E-state index contributed by atoms with van der Waals surface area (Å²) in [6.45, 7) is 2.03. The Hall–Kier alpha value is -2.37. The molecule has 112 valence electrons. The molecule has 0 heterocycles. The number of benzene rings is 3. The Kier molecular flexibility index (Phi) is 3.60. The highest BCUT2D eigenvalue weighted by Gasteiger charge is 2.11. The van der Waals surface area contributed by atoms with E-state index in [2.05, 4.69) is 5.32 Å². The predicted octanol–water partition coefficient (Wildman–Crippen LogP) is 4.14. The first-order valence-electron chi connectivity index (χ1n) is 6.77. The molecule has 0 aliphatic rings. The van der Waals surface area contributed by atoms with Gasteiger partial charge in [0.2, 0.25) is 0 Å². The lowest BCUT2D eigenvalue weighted by atomic mass is 10.1. The van der Waals surface area contributed by atoms with Gasteiger partial charge in [0, 0.05) is 16.8 Å². The molecular formula is C17H15NO3S. The van der Waals surface area contributed by atoms with Gasteiger partial charge in [-0.2, -0.15) is 8.42 Å². The molecule has 0 radical (unpaired) electrons. The van der Waals surface area contributed by atoms with Crippen molar-refractivity contribution in [1.82, 2.24) is 0 Å². The molecule has 3 rings (SSSR count). The SMILES string of the molecule is Cc1ccc(Nc2cccc3cc(S(=O)(=O)O)ccc23)cc1. The fraction of sp³-hybridized carbons (Fsp3) is 0.0588. The molecule has 0 atom stereocenters. The van der Waals surface area contributed by atoms with E-state index in [0.717, 1.165) is 22.1 Å². The van der Waals surface area contributed by atoms with Crippen LogP contribution in [-0.4, -0.2) is 13.0 Å². The molecule has 2 N–H and O–H groups in total. The van der Waals surface area contributed by atoms with Crippen molar-refractivity contribution in [2.24, 2.45) is 0 Å². The topological polar surface area (TPSA) is 66.4 Å². The van der Waals surface area contributed by atoms with Gasteiger partial charge in [-0.1, -0.05) is 35.9 Å². The molecule has 0 aliphatic carbocycles. The molecule has 0 unspecified atom stereocenters. The van der Waals surface area contributed by atoms with E-state index in [9.17, 15) is 8.42 Å². The minimum atomic E-state index is -4.19. The summed E-state index contributed by atoms with van der Waals surface area (Å²) in [5.74, 6) is 0. The zero-order valence-corrected chi connectivity index (χ0v) is 12.8. The Morgan fingerprint density at radius 2 is 1.68 bits per heavy atom. The van der Waals surface area contributed by atoms with E-state index in [-0.39, 0.29) is 4.90 Å². The first kappa shape index (κ1) is 14.6. The van der Waals surface area contributed by atoms with Crippen LogP contribution in [0.15, 0.2) is 65.6 Å². The average molecular weight is 313 g/mol. The fourth-order valence-electron chi connectivity index (χ4n) is 2.32. The summed E-state index contributed by atoms with van der Waals surface area (Å²) < 4.78 is 31.6. The first-order chi connectivity index (χ1) is 10.4. The van der Waals surface area contributed by atoms with Gasteiger partial charge in [-0.25, -0.2) is 0 Å². The number of anilines is 2. The summed E-state index contributed by atoms with van der Waals surface area (Å²) in [6, 6.07) is 18.1. The Balaban J connectivity index is 2.05. The van der Waals surface area contributed by atoms with Gasteiger partial charge in [-0.3, -0.25) is 4.55 Å². The van der Waals surface area contributed by atoms with E-state index in [1.165, 1.54) is 17.7 Å². The van der Waals surface area contributed by atoms with Crippen molar-refractivity contribution in [1.29, 1.82) is 0 Å². The summed E-state index contributed by atoms with van der Waals surface area (Å²) >= 11 is 0. The molecule has 0 fully saturated rings. The normalized spacial score (nSPS) is 11.5. The molecular weight excluding hydrogens is 298 g/mol. The summed E-state index contributed by atoms with van der Waals surface area (Å²) in [4.78, 5) is -0.104. The van der Waals surface area contributed by atoms with Gasteiger partial charge >= 0.3 is 0 Å². The molecule has 0 saturated carbocycles. The second-order valence-electron chi connectivity index (χ2n) is 5.15. The number of nitrogens with one attached hydrogen (secondary N) is 1. The van der Waals surface area contributed by atoms with Crippen LogP contribution in [0.2, 0.25) is 0 Å². The van der Waals surface area contributed by atoms with Crippen LogP contribution in [0.3, 0.4) is 0 Å². The zero-order valence-electron chi connectivity index (χ0n) is 11.9. The van der Waals surface area contributed by atoms with E-state index in [0.29, 0.717) is 0 Å². The minimum Gasteiger partial charge on any atom is -0.355 e. The van der Waals surface area contributed by atoms with Gasteiger partial charge in [-0.15, -0.1) is 0 Å². The molecule has 0 bridgehead atoms. The highest BCUT2D eigenvalue weighted by atomic mass is 32.2. The highest BCUT2D eigenvalue weighted by molar-refractivity contribution is 7.85. The molecule has 4 nitrogen and oxygen atoms in total. The van der Waals surface area contributed by atoms with Crippen molar-refractivity contribution in [3.8, 4) is 0 Å². The van der Waals surface area contributed by atoms with Crippen molar-refractivity contribution in [3.05, 3.63) is 66.2 Å². The molecule has 3 aromatic rings. The van der Waals surface area contributed by atoms with Crippen LogP contribution in [0.4, 0.5) is 11.4 Å². The van der Waals surface area contributed by atoms with Gasteiger partial charge in [0.1, 0.15) is 0 Å². The van der Waals surface area contributed by atoms with Gasteiger partial charge < -0.3 is 5.32 Å². The van der Waals surface area contributed by atoms with E-state index in [4.69, 9.17) is 4.55 Å². The van der Waals surface area contributed by atoms with Crippen molar-refractivity contribution < 1.29 is 13.0 Å². The predicted molar refractivity (Wildman–Crippen MR) is 88.2 cm³/mol. The van der Waals surface area contributed by atoms with E-state index < -0.39 is 10.1 Å². The first-order valence-corrected chi connectivity index (χ1v) is 8.21. The fourth-order valence-corrected chi connectivity index (χ4v) is 2.84. The Morgan fingerprint density at radius 3 is 2.36 bits per heavy atom. The number of hydrogen-bond donors (Lipinski definition) is 2. The lowest BCUT2D eigenvalue weighted by Gasteiger charge is -2.11. The third kappa shape index (κ3) is 2.95. The minimum absolute atomic E-state index is 0.104. The standard InChI is InChI=1S/C17H15NO3S/c1-12-5-7-14(8-6-12)18-17-4-2-3-13-11-15(22(19,20)21)9-10-16(13)17/h2-11,18H,1H3,(H,19,20,21). The number of aryl methyl sites for hydroxylation is 1. The molecule has 0 spiro atoms. The Morgan fingerprint density at radius 1 is 0.955 bits per heavy atom. The van der Waals surface area contributed by atoms with Crippen LogP contribution in [0.25, 0.3) is 10.8 Å². The summed E-state index contributed by atoms with van der Waals surface area (Å²) in [6.07, 6.45) is 0. The molecule has 3 aromatic carbocycles. The van der Waals surface area contributed by atoms with Gasteiger partial charge in [-0.05, 0) is 42.6 Å². The smallest absolute Gasteiger partial charge is 0.294 e. The van der Waals surface area contributed by atoms with Crippen molar-refractivity contribution >= 4 is 32.3 Å². The maximum absolute atomic E-state index is 11.2. The van der Waals surface area contributed by atoms with Crippen LogP contribution in [0.1, 0.15) is 5.56 Å². The second-order valence-corrected chi connectivity index (χ2v) is 6.58. The monoisotopic (exact) mass is 313 g/mol. The van der Waals surface area contributed by atoms with Crippen LogP contribution >= 0.6 is 0 Å². The van der Waals surface area contributed by atoms with Crippen LogP contribution in [-0.2, 0) is 10.1 Å². The molecule has 5 heteroatoms. The second kappa shape index (κ2) is 5.44. The maximum Gasteiger partial charge on any atom is 0.294 e. The Bertz CT molecular complexity index is 932. The zero-order chi connectivity index (χ0) is 15.7. The maximum atomic E-state index is 11.2. The van der Waals surface area contributed by atoms with Crippen LogP contribution in [0.5, 0.6) is 0 Å². The number of rotatable bonds is 3. The van der Waals surface area contributed by atoms with Crippen LogP contribution in [0, 0.1) is 6.92 Å². The van der Waals surface area contributed by atoms with Crippen molar-refractivity contribution in [2.45, 2.75) is 11.8 Å². The highest BCUT2D eigenvalue weighted by Crippen LogP contribution is 2.28. The number of hydrogen-bond acceptors (Lipinski definition) is 3. The molecule has 0 aromatic heterocycles. The average Bonchev–Trinajstić information content (AvgIpc) is 2.48. The summed E-state index contributed by atoms with van der Waals surface area (Å²) in [5.41, 5.74) is 3.02. The summed E-state index contributed by atoms with van der Waals surface area (Å²) in [7, 11) is -4.19. The van der Waals surface area contributed by atoms with E-state index >= 15 is 0 Å². The van der Waals surface area contributed by atoms with Gasteiger partial charge in [0.25, 0.3) is 10.1 Å². The third-order valence-electron chi connectivity index (χ3n) is 3.48.